The zero-order valence-corrected chi connectivity index (χ0v) is 21.2. The van der Waals surface area contributed by atoms with Crippen LogP contribution in [-0.4, -0.2) is 36.7 Å². The maximum Gasteiger partial charge on any atom is 0.255 e. The van der Waals surface area contributed by atoms with Crippen LogP contribution in [-0.2, 0) is 14.6 Å². The van der Waals surface area contributed by atoms with Crippen molar-refractivity contribution in [1.29, 1.82) is 0 Å². The smallest absolute Gasteiger partial charge is 0.255 e. The van der Waals surface area contributed by atoms with E-state index in [4.69, 9.17) is 16.3 Å². The maximum absolute atomic E-state index is 14.7. The molecule has 3 aromatic carbocycles. The third-order valence-corrected chi connectivity index (χ3v) is 7.38. The molecular formula is C25H24ClFN2O6S. The van der Waals surface area contributed by atoms with Gasteiger partial charge in [0, 0.05) is 22.7 Å². The van der Waals surface area contributed by atoms with Crippen LogP contribution in [0.15, 0.2) is 65.6 Å². The molecule has 0 saturated heterocycles. The van der Waals surface area contributed by atoms with E-state index in [0.717, 1.165) is 12.1 Å². The molecule has 3 rings (SSSR count). The molecule has 0 spiro atoms. The number of phenols is 1. The highest BCUT2D eigenvalue weighted by Crippen LogP contribution is 2.31. The lowest BCUT2D eigenvalue weighted by atomic mass is 10.2. The van der Waals surface area contributed by atoms with Crippen LogP contribution in [0.3, 0.4) is 0 Å². The van der Waals surface area contributed by atoms with E-state index in [2.05, 4.69) is 10.6 Å². The Morgan fingerprint density at radius 1 is 0.944 bits per heavy atom. The van der Waals surface area contributed by atoms with E-state index in [9.17, 15) is 27.5 Å². The van der Waals surface area contributed by atoms with Gasteiger partial charge in [-0.1, -0.05) is 11.6 Å². The van der Waals surface area contributed by atoms with Crippen molar-refractivity contribution in [2.75, 3.05) is 10.6 Å². The fourth-order valence-corrected chi connectivity index (χ4v) is 4.50. The molecule has 3 aromatic rings. The van der Waals surface area contributed by atoms with Gasteiger partial charge in [0.1, 0.15) is 22.6 Å². The number of ether oxygens (including phenoxy) is 1. The van der Waals surface area contributed by atoms with Gasteiger partial charge >= 0.3 is 0 Å². The number of carbonyl (C=O) groups excluding carboxylic acids is 2. The summed E-state index contributed by atoms with van der Waals surface area (Å²) in [7, 11) is -4.10. The number of amides is 2. The standard InChI is InChI=1S/C25H24ClFN2O6S/c1-14(2)35-18-8-10-19(11-9-18)36(33,34)15(3)24(31)28-21-13-23(30)22(12-20(21)27)29-25(32)16-4-6-17(26)7-5-16/h4-15,30H,1-3H3,(H,28,31)(H,29,32). The van der Waals surface area contributed by atoms with Gasteiger partial charge in [-0.05, 0) is 69.3 Å². The number of nitrogens with one attached hydrogen (secondary N) is 2. The predicted molar refractivity (Wildman–Crippen MR) is 135 cm³/mol. The van der Waals surface area contributed by atoms with E-state index in [1.807, 2.05) is 13.8 Å². The molecule has 1 atom stereocenters. The maximum atomic E-state index is 14.7. The van der Waals surface area contributed by atoms with Crippen molar-refractivity contribution in [3.8, 4) is 11.5 Å². The Labute approximate surface area is 213 Å². The number of hydrogen-bond acceptors (Lipinski definition) is 6. The molecule has 11 heteroatoms. The van der Waals surface area contributed by atoms with Crippen LogP contribution >= 0.6 is 11.6 Å². The molecule has 190 valence electrons. The molecule has 0 heterocycles. The molecule has 2 amide bonds. The van der Waals surface area contributed by atoms with Crippen molar-refractivity contribution in [2.45, 2.75) is 37.0 Å². The van der Waals surface area contributed by atoms with Gasteiger partial charge < -0.3 is 20.5 Å². The fraction of sp³-hybridized carbons (Fsp3) is 0.200. The summed E-state index contributed by atoms with van der Waals surface area (Å²) in [5.74, 6) is -2.68. The summed E-state index contributed by atoms with van der Waals surface area (Å²) in [6.07, 6.45) is -0.0967. The number of anilines is 2. The molecular weight excluding hydrogens is 511 g/mol. The Bertz CT molecular complexity index is 1380. The second-order valence-electron chi connectivity index (χ2n) is 8.12. The number of carbonyl (C=O) groups is 2. The topological polar surface area (TPSA) is 122 Å². The Kier molecular flexibility index (Phi) is 8.21. The highest BCUT2D eigenvalue weighted by molar-refractivity contribution is 7.92. The Hall–Kier alpha value is -3.63. The summed E-state index contributed by atoms with van der Waals surface area (Å²) >= 11 is 5.79. The number of halogens is 2. The molecule has 8 nitrogen and oxygen atoms in total. The van der Waals surface area contributed by atoms with Crippen LogP contribution < -0.4 is 15.4 Å². The number of rotatable bonds is 8. The van der Waals surface area contributed by atoms with Gasteiger partial charge in [0.15, 0.2) is 9.84 Å². The first-order valence-corrected chi connectivity index (χ1v) is 12.7. The van der Waals surface area contributed by atoms with E-state index in [0.29, 0.717) is 10.8 Å². The molecule has 3 N–H and O–H groups in total. The van der Waals surface area contributed by atoms with E-state index in [1.165, 1.54) is 55.5 Å². The molecule has 0 aliphatic rings. The van der Waals surface area contributed by atoms with Crippen molar-refractivity contribution >= 4 is 44.6 Å². The van der Waals surface area contributed by atoms with Gasteiger partial charge in [-0.2, -0.15) is 0 Å². The van der Waals surface area contributed by atoms with E-state index in [-0.39, 0.29) is 22.3 Å². The number of aromatic hydroxyl groups is 1. The van der Waals surface area contributed by atoms with Crippen molar-refractivity contribution in [2.24, 2.45) is 0 Å². The van der Waals surface area contributed by atoms with Crippen molar-refractivity contribution in [3.63, 3.8) is 0 Å². The Morgan fingerprint density at radius 2 is 1.56 bits per heavy atom. The highest BCUT2D eigenvalue weighted by Gasteiger charge is 2.30. The van der Waals surface area contributed by atoms with Crippen LogP contribution in [0.25, 0.3) is 0 Å². The summed E-state index contributed by atoms with van der Waals surface area (Å²) in [6.45, 7) is 4.82. The lowest BCUT2D eigenvalue weighted by molar-refractivity contribution is -0.115. The fourth-order valence-electron chi connectivity index (χ4n) is 3.11. The average molecular weight is 535 g/mol. The third-order valence-electron chi connectivity index (χ3n) is 5.06. The van der Waals surface area contributed by atoms with Gasteiger partial charge in [-0.25, -0.2) is 12.8 Å². The minimum atomic E-state index is -4.10. The summed E-state index contributed by atoms with van der Waals surface area (Å²) in [5.41, 5.74) is -0.473. The Balaban J connectivity index is 1.73. The van der Waals surface area contributed by atoms with E-state index >= 15 is 0 Å². The molecule has 0 radical (unpaired) electrons. The third kappa shape index (κ3) is 6.32. The first-order chi connectivity index (χ1) is 16.9. The van der Waals surface area contributed by atoms with Gasteiger partial charge in [-0.3, -0.25) is 9.59 Å². The summed E-state index contributed by atoms with van der Waals surface area (Å²) in [5, 5.41) is 13.6. The van der Waals surface area contributed by atoms with Crippen molar-refractivity contribution < 1.29 is 32.2 Å². The quantitative estimate of drug-likeness (QED) is 0.349. The lowest BCUT2D eigenvalue weighted by Gasteiger charge is -2.16. The normalized spacial score (nSPS) is 12.2. The molecule has 0 bridgehead atoms. The molecule has 0 aliphatic heterocycles. The van der Waals surface area contributed by atoms with Crippen LogP contribution in [0.1, 0.15) is 31.1 Å². The van der Waals surface area contributed by atoms with Gasteiger partial charge in [0.25, 0.3) is 5.91 Å². The van der Waals surface area contributed by atoms with E-state index in [1.54, 1.807) is 0 Å². The number of hydrogen-bond donors (Lipinski definition) is 3. The molecule has 0 saturated carbocycles. The second-order valence-corrected chi connectivity index (χ2v) is 10.8. The van der Waals surface area contributed by atoms with Gasteiger partial charge in [-0.15, -0.1) is 0 Å². The molecule has 0 fully saturated rings. The molecule has 0 aliphatic carbocycles. The average Bonchev–Trinajstić information content (AvgIpc) is 2.82. The SMILES string of the molecule is CC(C)Oc1ccc(S(=O)(=O)C(C)C(=O)Nc2cc(O)c(NC(=O)c3ccc(Cl)cc3)cc2F)cc1. The van der Waals surface area contributed by atoms with Crippen LogP contribution in [0.2, 0.25) is 5.02 Å². The zero-order chi connectivity index (χ0) is 26.6. The first kappa shape index (κ1) is 27.0. The van der Waals surface area contributed by atoms with Crippen molar-refractivity contribution in [1.82, 2.24) is 0 Å². The minimum Gasteiger partial charge on any atom is -0.506 e. The summed E-state index contributed by atoms with van der Waals surface area (Å²) in [6, 6.07) is 13.2. The second kappa shape index (κ2) is 11.0. The van der Waals surface area contributed by atoms with Crippen LogP contribution in [0.5, 0.6) is 11.5 Å². The number of sulfone groups is 1. The summed E-state index contributed by atoms with van der Waals surface area (Å²) < 4.78 is 45.9. The van der Waals surface area contributed by atoms with Crippen LogP contribution in [0, 0.1) is 5.82 Å². The largest absolute Gasteiger partial charge is 0.506 e. The number of phenolic OH excluding ortho intramolecular Hbond substituents is 1. The highest BCUT2D eigenvalue weighted by atomic mass is 35.5. The molecule has 1 unspecified atom stereocenters. The monoisotopic (exact) mass is 534 g/mol. The van der Waals surface area contributed by atoms with Gasteiger partial charge in [0.2, 0.25) is 5.91 Å². The predicted octanol–water partition coefficient (Wildman–Crippen LogP) is 5.03. The zero-order valence-electron chi connectivity index (χ0n) is 19.6. The lowest BCUT2D eigenvalue weighted by Crippen LogP contribution is -2.33. The van der Waals surface area contributed by atoms with Crippen LogP contribution in [0.4, 0.5) is 15.8 Å². The number of benzene rings is 3. The summed E-state index contributed by atoms with van der Waals surface area (Å²) in [4.78, 5) is 24.9. The van der Waals surface area contributed by atoms with E-state index < -0.39 is 44.2 Å². The van der Waals surface area contributed by atoms with Gasteiger partial charge in [0.05, 0.1) is 22.4 Å². The minimum absolute atomic E-state index is 0.0967. The Morgan fingerprint density at radius 3 is 2.14 bits per heavy atom. The van der Waals surface area contributed by atoms with Crippen molar-refractivity contribution in [3.05, 3.63) is 77.1 Å². The molecule has 0 aromatic heterocycles. The molecule has 36 heavy (non-hydrogen) atoms. The first-order valence-electron chi connectivity index (χ1n) is 10.8.